The summed E-state index contributed by atoms with van der Waals surface area (Å²) in [7, 11) is 0. The molecule has 4 nitrogen and oxygen atoms in total. The van der Waals surface area contributed by atoms with Gasteiger partial charge < -0.3 is 14.6 Å². The van der Waals surface area contributed by atoms with Crippen molar-refractivity contribution >= 4 is 28.1 Å². The van der Waals surface area contributed by atoms with Crippen LogP contribution in [0.5, 0.6) is 0 Å². The molecular weight excluding hydrogens is 272 g/mol. The number of nitrogens with zero attached hydrogens (tertiary/aromatic N) is 1. The standard InChI is InChI=1S/C15H10N2O2S/c16-9-7-10(13-4-2-6-20-13)14-11(8-9)17-15(19-14)12-3-1-5-18-12/h1-8H,16H2. The van der Waals surface area contributed by atoms with Crippen molar-refractivity contribution in [2.24, 2.45) is 0 Å². The molecule has 0 amide bonds. The highest BCUT2D eigenvalue weighted by atomic mass is 32.1. The Morgan fingerprint density at radius 2 is 2.10 bits per heavy atom. The number of nitrogen functional groups attached to an aromatic ring is 1. The third-order valence-corrected chi connectivity index (χ3v) is 3.93. The second-order valence-electron chi connectivity index (χ2n) is 4.39. The van der Waals surface area contributed by atoms with E-state index in [0.29, 0.717) is 17.3 Å². The van der Waals surface area contributed by atoms with E-state index in [-0.39, 0.29) is 0 Å². The molecule has 3 aromatic heterocycles. The lowest BCUT2D eigenvalue weighted by molar-refractivity contribution is 0.535. The second-order valence-corrected chi connectivity index (χ2v) is 5.34. The molecule has 0 saturated heterocycles. The number of aromatic nitrogens is 1. The summed E-state index contributed by atoms with van der Waals surface area (Å²) in [5, 5.41) is 2.02. The van der Waals surface area contributed by atoms with Crippen LogP contribution in [0.4, 0.5) is 5.69 Å². The Kier molecular flexibility index (Phi) is 2.40. The Bertz CT molecular complexity index is 861. The van der Waals surface area contributed by atoms with Crippen LogP contribution < -0.4 is 5.73 Å². The highest BCUT2D eigenvalue weighted by Gasteiger charge is 2.15. The minimum absolute atomic E-state index is 0.466. The van der Waals surface area contributed by atoms with E-state index in [2.05, 4.69) is 4.98 Å². The van der Waals surface area contributed by atoms with Crippen LogP contribution in [0.2, 0.25) is 0 Å². The van der Waals surface area contributed by atoms with Gasteiger partial charge in [-0.15, -0.1) is 11.3 Å². The van der Waals surface area contributed by atoms with E-state index in [0.717, 1.165) is 21.5 Å². The number of nitrogens with two attached hydrogens (primary N) is 1. The minimum Gasteiger partial charge on any atom is -0.459 e. The fourth-order valence-electron chi connectivity index (χ4n) is 2.17. The zero-order chi connectivity index (χ0) is 13.5. The first kappa shape index (κ1) is 11.3. The van der Waals surface area contributed by atoms with Crippen LogP contribution in [0, 0.1) is 0 Å². The molecule has 4 rings (SSSR count). The summed E-state index contributed by atoms with van der Waals surface area (Å²) in [4.78, 5) is 5.55. The molecule has 0 aliphatic heterocycles. The molecular formula is C15H10N2O2S. The average molecular weight is 282 g/mol. The van der Waals surface area contributed by atoms with Gasteiger partial charge in [0.25, 0.3) is 5.89 Å². The molecule has 0 saturated carbocycles. The monoisotopic (exact) mass is 282 g/mol. The molecule has 0 bridgehead atoms. The molecule has 0 radical (unpaired) electrons. The van der Waals surface area contributed by atoms with Gasteiger partial charge in [0.05, 0.1) is 6.26 Å². The van der Waals surface area contributed by atoms with E-state index in [4.69, 9.17) is 14.6 Å². The molecule has 4 aromatic rings. The van der Waals surface area contributed by atoms with Crippen molar-refractivity contribution in [3.8, 4) is 22.1 Å². The van der Waals surface area contributed by atoms with Gasteiger partial charge in [-0.3, -0.25) is 0 Å². The minimum atomic E-state index is 0.466. The number of thiophene rings is 1. The van der Waals surface area contributed by atoms with Gasteiger partial charge in [0, 0.05) is 16.1 Å². The summed E-state index contributed by atoms with van der Waals surface area (Å²) in [5.74, 6) is 1.07. The quantitative estimate of drug-likeness (QED) is 0.553. The maximum atomic E-state index is 5.96. The highest BCUT2D eigenvalue weighted by Crippen LogP contribution is 2.36. The number of rotatable bonds is 2. The summed E-state index contributed by atoms with van der Waals surface area (Å²) in [6.45, 7) is 0. The maximum absolute atomic E-state index is 5.96. The van der Waals surface area contributed by atoms with E-state index in [1.165, 1.54) is 0 Å². The third-order valence-electron chi connectivity index (χ3n) is 3.03. The van der Waals surface area contributed by atoms with Gasteiger partial charge in [0.1, 0.15) is 5.52 Å². The molecule has 20 heavy (non-hydrogen) atoms. The molecule has 0 spiro atoms. The van der Waals surface area contributed by atoms with Crippen LogP contribution >= 0.6 is 11.3 Å². The van der Waals surface area contributed by atoms with Gasteiger partial charge in [0.15, 0.2) is 11.3 Å². The van der Waals surface area contributed by atoms with Gasteiger partial charge in [-0.2, -0.15) is 0 Å². The van der Waals surface area contributed by atoms with Gasteiger partial charge in [-0.05, 0) is 35.7 Å². The number of hydrogen-bond donors (Lipinski definition) is 1. The molecule has 0 aliphatic rings. The van der Waals surface area contributed by atoms with Crippen LogP contribution in [0.15, 0.2) is 56.9 Å². The first-order valence-corrected chi connectivity index (χ1v) is 6.97. The second kappa shape index (κ2) is 4.25. The van der Waals surface area contributed by atoms with Crippen LogP contribution in [0.3, 0.4) is 0 Å². The van der Waals surface area contributed by atoms with Crippen molar-refractivity contribution in [1.29, 1.82) is 0 Å². The van der Waals surface area contributed by atoms with E-state index >= 15 is 0 Å². The molecule has 0 unspecified atom stereocenters. The lowest BCUT2D eigenvalue weighted by atomic mass is 10.1. The van der Waals surface area contributed by atoms with Gasteiger partial charge >= 0.3 is 0 Å². The van der Waals surface area contributed by atoms with Gasteiger partial charge in [-0.25, -0.2) is 4.98 Å². The highest BCUT2D eigenvalue weighted by molar-refractivity contribution is 7.13. The van der Waals surface area contributed by atoms with Crippen molar-refractivity contribution in [1.82, 2.24) is 4.98 Å². The summed E-state index contributed by atoms with van der Waals surface area (Å²) in [6.07, 6.45) is 1.60. The van der Waals surface area contributed by atoms with E-state index in [9.17, 15) is 0 Å². The summed E-state index contributed by atoms with van der Waals surface area (Å²) in [6, 6.07) is 11.4. The zero-order valence-corrected chi connectivity index (χ0v) is 11.2. The number of benzene rings is 1. The van der Waals surface area contributed by atoms with Crippen LogP contribution in [-0.2, 0) is 0 Å². The average Bonchev–Trinajstić information content (AvgIpc) is 3.18. The zero-order valence-electron chi connectivity index (χ0n) is 10.4. The van der Waals surface area contributed by atoms with Crippen molar-refractivity contribution in [2.75, 3.05) is 5.73 Å². The van der Waals surface area contributed by atoms with E-state index < -0.39 is 0 Å². The molecule has 3 heterocycles. The van der Waals surface area contributed by atoms with Crippen molar-refractivity contribution in [3.63, 3.8) is 0 Å². The molecule has 2 N–H and O–H groups in total. The Morgan fingerprint density at radius 1 is 1.15 bits per heavy atom. The number of hydrogen-bond acceptors (Lipinski definition) is 5. The molecule has 1 aromatic carbocycles. The number of fused-ring (bicyclic) bond motifs is 1. The van der Waals surface area contributed by atoms with Crippen molar-refractivity contribution < 1.29 is 8.83 Å². The van der Waals surface area contributed by atoms with Crippen LogP contribution in [-0.4, -0.2) is 4.98 Å². The molecule has 98 valence electrons. The fourth-order valence-corrected chi connectivity index (χ4v) is 2.91. The van der Waals surface area contributed by atoms with Gasteiger partial charge in [0.2, 0.25) is 0 Å². The lowest BCUT2D eigenvalue weighted by Gasteiger charge is -2.00. The predicted molar refractivity (Wildman–Crippen MR) is 79.4 cm³/mol. The largest absolute Gasteiger partial charge is 0.459 e. The number of oxazole rings is 1. The van der Waals surface area contributed by atoms with Crippen molar-refractivity contribution in [3.05, 3.63) is 48.0 Å². The molecule has 0 aliphatic carbocycles. The Morgan fingerprint density at radius 3 is 2.85 bits per heavy atom. The Labute approximate surface area is 118 Å². The maximum Gasteiger partial charge on any atom is 0.263 e. The normalized spacial score (nSPS) is 11.2. The van der Waals surface area contributed by atoms with E-state index in [1.807, 2.05) is 35.7 Å². The molecule has 5 heteroatoms. The van der Waals surface area contributed by atoms with E-state index in [1.54, 1.807) is 23.7 Å². The molecule has 0 atom stereocenters. The van der Waals surface area contributed by atoms with Gasteiger partial charge in [-0.1, -0.05) is 6.07 Å². The third kappa shape index (κ3) is 1.71. The SMILES string of the molecule is Nc1cc(-c2cccs2)c2oc(-c3ccco3)nc2c1. The topological polar surface area (TPSA) is 65.2 Å². The Hall–Kier alpha value is -2.53. The predicted octanol–water partition coefficient (Wildman–Crippen LogP) is 4.40. The van der Waals surface area contributed by atoms with Crippen LogP contribution in [0.1, 0.15) is 0 Å². The smallest absolute Gasteiger partial charge is 0.263 e. The Balaban J connectivity index is 2.00. The summed E-state index contributed by atoms with van der Waals surface area (Å²) < 4.78 is 11.2. The first-order valence-electron chi connectivity index (χ1n) is 6.09. The van der Waals surface area contributed by atoms with Crippen LogP contribution in [0.25, 0.3) is 33.2 Å². The summed E-state index contributed by atoms with van der Waals surface area (Å²) >= 11 is 1.64. The van der Waals surface area contributed by atoms with Crippen molar-refractivity contribution in [2.45, 2.75) is 0 Å². The fraction of sp³-hybridized carbons (Fsp3) is 0. The lowest BCUT2D eigenvalue weighted by Crippen LogP contribution is -1.85. The number of furan rings is 1. The molecule has 0 fully saturated rings. The number of anilines is 1. The summed E-state index contributed by atoms with van der Waals surface area (Å²) in [5.41, 5.74) is 9.05. The first-order chi connectivity index (χ1) is 9.81.